The third-order valence-electron chi connectivity index (χ3n) is 9.97. The molecule has 1 unspecified atom stereocenters. The van der Waals surface area contributed by atoms with Gasteiger partial charge in [0.15, 0.2) is 11.6 Å². The van der Waals surface area contributed by atoms with Gasteiger partial charge in [0.25, 0.3) is 0 Å². The molecule has 1 aromatic heterocycles. The van der Waals surface area contributed by atoms with Crippen molar-refractivity contribution in [2.45, 2.75) is 77.2 Å². The molecule has 0 amide bonds. The summed E-state index contributed by atoms with van der Waals surface area (Å²) in [5, 5.41) is 17.3. The molecule has 3 N–H and O–H groups in total. The minimum Gasteiger partial charge on any atom is -0.390 e. The largest absolute Gasteiger partial charge is 0.390 e. The van der Waals surface area contributed by atoms with Gasteiger partial charge in [0.1, 0.15) is 0 Å². The number of ketones is 1. The third kappa shape index (κ3) is 3.68. The van der Waals surface area contributed by atoms with E-state index in [2.05, 4.69) is 22.3 Å². The fourth-order valence-electron chi connectivity index (χ4n) is 8.54. The van der Waals surface area contributed by atoms with Gasteiger partial charge in [-0.2, -0.15) is 0 Å². The monoisotopic (exact) mass is 438 g/mol. The van der Waals surface area contributed by atoms with Gasteiger partial charge in [0.2, 0.25) is 0 Å². The highest BCUT2D eigenvalue weighted by molar-refractivity contribution is 5.86. The number of nitrogens with one attached hydrogen (secondary N) is 2. The SMILES string of the molecule is C[C@@]1(O)CCC2[C@H](CC[C@@H]3[C@@H]2CC[C@]2(C)[C@@H](C(=O)CNc4cccnc4N=N)CC[C@@H]32)C1. The van der Waals surface area contributed by atoms with Crippen molar-refractivity contribution in [3.8, 4) is 0 Å². The maximum atomic E-state index is 13.3. The van der Waals surface area contributed by atoms with Crippen LogP contribution >= 0.6 is 0 Å². The number of rotatable bonds is 5. The third-order valence-corrected chi connectivity index (χ3v) is 9.97. The number of Topliss-reactive ketones (excluding diaryl/α,β-unsaturated/α-hetero) is 1. The second-order valence-corrected chi connectivity index (χ2v) is 11.7. The summed E-state index contributed by atoms with van der Waals surface area (Å²) in [5.41, 5.74) is 7.60. The van der Waals surface area contributed by atoms with Crippen LogP contribution in [0.15, 0.2) is 23.4 Å². The maximum Gasteiger partial charge on any atom is 0.197 e. The van der Waals surface area contributed by atoms with Crippen molar-refractivity contribution in [3.05, 3.63) is 18.3 Å². The number of hydrogen-bond acceptors (Lipinski definition) is 6. The van der Waals surface area contributed by atoms with Crippen LogP contribution in [-0.4, -0.2) is 28.0 Å². The summed E-state index contributed by atoms with van der Waals surface area (Å²) in [6, 6.07) is 3.63. The Morgan fingerprint density at radius 2 is 1.97 bits per heavy atom. The van der Waals surface area contributed by atoms with E-state index < -0.39 is 5.60 Å². The van der Waals surface area contributed by atoms with Crippen molar-refractivity contribution in [2.24, 2.45) is 46.0 Å². The Hall–Kier alpha value is -1.82. The van der Waals surface area contributed by atoms with Gasteiger partial charge in [-0.25, -0.2) is 10.5 Å². The van der Waals surface area contributed by atoms with E-state index in [-0.39, 0.29) is 17.9 Å². The lowest BCUT2D eigenvalue weighted by molar-refractivity contribution is -0.130. The Balaban J connectivity index is 1.27. The van der Waals surface area contributed by atoms with Gasteiger partial charge >= 0.3 is 0 Å². The first kappa shape index (κ1) is 22.0. The first-order valence-electron chi connectivity index (χ1n) is 12.6. The molecule has 0 radical (unpaired) electrons. The molecule has 32 heavy (non-hydrogen) atoms. The number of carbonyl (C=O) groups excluding carboxylic acids is 1. The summed E-state index contributed by atoms with van der Waals surface area (Å²) in [6.07, 6.45) is 11.9. The molecule has 6 nitrogen and oxygen atoms in total. The summed E-state index contributed by atoms with van der Waals surface area (Å²) < 4.78 is 0. The normalized spacial score (nSPS) is 43.0. The van der Waals surface area contributed by atoms with Gasteiger partial charge in [-0.05, 0) is 112 Å². The smallest absolute Gasteiger partial charge is 0.197 e. The molecule has 0 bridgehead atoms. The molecule has 0 saturated heterocycles. The van der Waals surface area contributed by atoms with Crippen LogP contribution in [0.4, 0.5) is 11.5 Å². The fraction of sp³-hybridized carbons (Fsp3) is 0.769. The van der Waals surface area contributed by atoms with Crippen molar-refractivity contribution in [1.82, 2.24) is 4.98 Å². The maximum absolute atomic E-state index is 13.3. The lowest BCUT2D eigenvalue weighted by Crippen LogP contribution is -2.51. The number of aromatic nitrogens is 1. The van der Waals surface area contributed by atoms with E-state index in [1.807, 2.05) is 13.0 Å². The zero-order valence-corrected chi connectivity index (χ0v) is 19.5. The van der Waals surface area contributed by atoms with Gasteiger partial charge in [0, 0.05) is 12.1 Å². The number of fused-ring (bicyclic) bond motifs is 5. The van der Waals surface area contributed by atoms with Gasteiger partial charge in [0.05, 0.1) is 17.8 Å². The standard InChI is InChI=1S/C26H38N4O2/c1-25(32)11-9-17-16(14-25)5-6-19-18(17)10-12-26(2)20(19)7-8-21(26)23(31)15-29-22-4-3-13-28-24(22)30-27/h3-4,13,16-21,27,29,32H,5-12,14-15H2,1-2H3/t16-,17?,18-,19-,20+,21-,25-,26+/m1/s1. The highest BCUT2D eigenvalue weighted by Gasteiger charge is 2.58. The zero-order chi connectivity index (χ0) is 22.5. The molecule has 174 valence electrons. The molecule has 4 fully saturated rings. The number of carbonyl (C=O) groups is 1. The van der Waals surface area contributed by atoms with Crippen molar-refractivity contribution in [1.29, 1.82) is 5.53 Å². The number of nitrogens with zero attached hydrogens (tertiary/aromatic N) is 2. The van der Waals surface area contributed by atoms with E-state index in [0.717, 1.165) is 43.4 Å². The summed E-state index contributed by atoms with van der Waals surface area (Å²) in [7, 11) is 0. The van der Waals surface area contributed by atoms with E-state index in [1.54, 1.807) is 12.3 Å². The van der Waals surface area contributed by atoms with Gasteiger partial charge < -0.3 is 10.4 Å². The average molecular weight is 439 g/mol. The van der Waals surface area contributed by atoms with E-state index >= 15 is 0 Å². The van der Waals surface area contributed by atoms with Crippen LogP contribution in [0.5, 0.6) is 0 Å². The predicted molar refractivity (Wildman–Crippen MR) is 124 cm³/mol. The molecule has 5 rings (SSSR count). The van der Waals surface area contributed by atoms with Crippen LogP contribution in [0, 0.1) is 46.5 Å². The summed E-state index contributed by atoms with van der Waals surface area (Å²) >= 11 is 0. The first-order valence-corrected chi connectivity index (χ1v) is 12.6. The second kappa shape index (κ2) is 8.19. The molecule has 1 aromatic rings. The number of hydrogen-bond donors (Lipinski definition) is 3. The van der Waals surface area contributed by atoms with Crippen LogP contribution in [-0.2, 0) is 4.79 Å². The van der Waals surface area contributed by atoms with Gasteiger partial charge in [-0.15, -0.1) is 5.11 Å². The highest BCUT2D eigenvalue weighted by atomic mass is 16.3. The minimum absolute atomic E-state index is 0.116. The van der Waals surface area contributed by atoms with Crippen LogP contribution in [0.25, 0.3) is 0 Å². The van der Waals surface area contributed by atoms with Gasteiger partial charge in [-0.1, -0.05) is 6.92 Å². The Bertz CT molecular complexity index is 886. The average Bonchev–Trinajstić information content (AvgIpc) is 3.14. The molecule has 0 spiro atoms. The van der Waals surface area contributed by atoms with Crippen molar-refractivity contribution in [2.75, 3.05) is 11.9 Å². The van der Waals surface area contributed by atoms with Crippen LogP contribution in [0.2, 0.25) is 0 Å². The summed E-state index contributed by atoms with van der Waals surface area (Å²) in [4.78, 5) is 17.4. The molecule has 0 aromatic carbocycles. The predicted octanol–water partition coefficient (Wildman–Crippen LogP) is 5.74. The molecule has 0 aliphatic heterocycles. The second-order valence-electron chi connectivity index (χ2n) is 11.7. The van der Waals surface area contributed by atoms with Crippen LogP contribution in [0.3, 0.4) is 0 Å². The van der Waals surface area contributed by atoms with Crippen molar-refractivity contribution >= 4 is 17.3 Å². The molecule has 4 aliphatic rings. The Morgan fingerprint density at radius 3 is 2.78 bits per heavy atom. The molecular weight excluding hydrogens is 400 g/mol. The van der Waals surface area contributed by atoms with Crippen molar-refractivity contribution < 1.29 is 9.90 Å². The minimum atomic E-state index is -0.462. The summed E-state index contributed by atoms with van der Waals surface area (Å²) in [5.74, 6) is 4.46. The van der Waals surface area contributed by atoms with Crippen molar-refractivity contribution in [3.63, 3.8) is 0 Å². The molecule has 4 saturated carbocycles. The number of anilines is 1. The Labute approximate surface area is 191 Å². The molecule has 8 atom stereocenters. The Morgan fingerprint density at radius 1 is 1.16 bits per heavy atom. The zero-order valence-electron chi connectivity index (χ0n) is 19.5. The van der Waals surface area contributed by atoms with E-state index in [4.69, 9.17) is 5.53 Å². The highest BCUT2D eigenvalue weighted by Crippen LogP contribution is 2.64. The topological polar surface area (TPSA) is 98.4 Å². The fourth-order valence-corrected chi connectivity index (χ4v) is 8.54. The lowest BCUT2D eigenvalue weighted by Gasteiger charge is -2.56. The summed E-state index contributed by atoms with van der Waals surface area (Å²) in [6.45, 7) is 4.71. The molecular formula is C26H38N4O2. The van der Waals surface area contributed by atoms with Gasteiger partial charge in [-0.3, -0.25) is 4.79 Å². The van der Waals surface area contributed by atoms with E-state index in [9.17, 15) is 9.90 Å². The quantitative estimate of drug-likeness (QED) is 0.510. The van der Waals surface area contributed by atoms with Crippen LogP contribution < -0.4 is 5.32 Å². The molecule has 6 heteroatoms. The first-order chi connectivity index (χ1) is 15.3. The van der Waals surface area contributed by atoms with Crippen LogP contribution in [0.1, 0.15) is 71.6 Å². The lowest BCUT2D eigenvalue weighted by atomic mass is 9.49. The number of pyridine rings is 1. The van der Waals surface area contributed by atoms with E-state index in [1.165, 1.54) is 32.1 Å². The molecule has 1 heterocycles. The Kier molecular flexibility index (Phi) is 5.63. The molecule has 4 aliphatic carbocycles. The number of aliphatic hydroxyl groups is 1. The van der Waals surface area contributed by atoms with E-state index in [0.29, 0.717) is 29.1 Å².